The van der Waals surface area contributed by atoms with Gasteiger partial charge in [-0.3, -0.25) is 0 Å². The van der Waals surface area contributed by atoms with E-state index in [4.69, 9.17) is 10.5 Å². The number of nitrogens with one attached hydrogen (secondary N) is 1. The number of halogens is 2. The van der Waals surface area contributed by atoms with Gasteiger partial charge in [-0.25, -0.2) is 0 Å². The normalized spacial score (nSPS) is 10.3. The van der Waals surface area contributed by atoms with Crippen molar-refractivity contribution in [2.24, 2.45) is 0 Å². The highest BCUT2D eigenvalue weighted by molar-refractivity contribution is 9.11. The molecule has 0 bridgehead atoms. The molecule has 0 aliphatic carbocycles. The first-order valence-electron chi connectivity index (χ1n) is 5.85. The van der Waals surface area contributed by atoms with E-state index in [9.17, 15) is 0 Å². The molecular weight excluding hydrogens is 372 g/mol. The Morgan fingerprint density at radius 2 is 1.95 bits per heavy atom. The molecule has 3 nitrogen and oxygen atoms in total. The average molecular weight is 386 g/mol. The highest BCUT2D eigenvalue weighted by atomic mass is 79.9. The van der Waals surface area contributed by atoms with Crippen molar-refractivity contribution in [1.82, 2.24) is 0 Å². The minimum atomic E-state index is 0.592. The van der Waals surface area contributed by atoms with Crippen LogP contribution >= 0.6 is 31.9 Å². The Kier molecular flexibility index (Phi) is 4.71. The molecule has 5 heteroatoms. The molecule has 0 saturated carbocycles. The van der Waals surface area contributed by atoms with Crippen LogP contribution in [0.25, 0.3) is 0 Å². The van der Waals surface area contributed by atoms with Crippen molar-refractivity contribution in [3.63, 3.8) is 0 Å². The van der Waals surface area contributed by atoms with Crippen LogP contribution in [0.1, 0.15) is 6.92 Å². The number of ether oxygens (including phenoxy) is 1. The third kappa shape index (κ3) is 3.42. The highest BCUT2D eigenvalue weighted by Gasteiger charge is 2.08. The second kappa shape index (κ2) is 6.30. The van der Waals surface area contributed by atoms with Gasteiger partial charge in [-0.1, -0.05) is 22.0 Å². The lowest BCUT2D eigenvalue weighted by molar-refractivity contribution is 0.342. The van der Waals surface area contributed by atoms with E-state index in [0.717, 1.165) is 20.3 Å². The largest absolute Gasteiger partial charge is 0.492 e. The molecule has 3 N–H and O–H groups in total. The molecule has 0 unspecified atom stereocenters. The van der Waals surface area contributed by atoms with Gasteiger partial charge in [0.1, 0.15) is 5.75 Å². The summed E-state index contributed by atoms with van der Waals surface area (Å²) < 4.78 is 7.45. The topological polar surface area (TPSA) is 47.3 Å². The van der Waals surface area contributed by atoms with Gasteiger partial charge in [0.15, 0.2) is 0 Å². The molecule has 0 fully saturated rings. The van der Waals surface area contributed by atoms with Gasteiger partial charge in [-0.05, 0) is 53.2 Å². The zero-order valence-corrected chi connectivity index (χ0v) is 13.6. The maximum atomic E-state index is 6.09. The van der Waals surface area contributed by atoms with E-state index in [0.29, 0.717) is 18.0 Å². The fourth-order valence-electron chi connectivity index (χ4n) is 1.67. The number of hydrogen-bond acceptors (Lipinski definition) is 3. The molecular formula is C14H14Br2N2O. The molecule has 0 saturated heterocycles. The van der Waals surface area contributed by atoms with Crippen LogP contribution < -0.4 is 15.8 Å². The SMILES string of the molecule is CCOc1cccc(Nc2cc(Br)ccc2Br)c1N. The Labute approximate surface area is 129 Å². The monoisotopic (exact) mass is 384 g/mol. The van der Waals surface area contributed by atoms with E-state index < -0.39 is 0 Å². The molecule has 100 valence electrons. The first-order valence-corrected chi connectivity index (χ1v) is 7.43. The molecule has 0 aliphatic rings. The van der Waals surface area contributed by atoms with Gasteiger partial charge in [0.25, 0.3) is 0 Å². The summed E-state index contributed by atoms with van der Waals surface area (Å²) in [6, 6.07) is 11.6. The van der Waals surface area contributed by atoms with Gasteiger partial charge in [0.2, 0.25) is 0 Å². The van der Waals surface area contributed by atoms with E-state index in [1.54, 1.807) is 0 Å². The van der Waals surface area contributed by atoms with Gasteiger partial charge in [-0.2, -0.15) is 0 Å². The van der Waals surface area contributed by atoms with Crippen molar-refractivity contribution < 1.29 is 4.74 Å². The first-order chi connectivity index (χ1) is 9.11. The lowest BCUT2D eigenvalue weighted by Crippen LogP contribution is -2.01. The maximum Gasteiger partial charge on any atom is 0.144 e. The number of nitrogens with two attached hydrogens (primary N) is 1. The summed E-state index contributed by atoms with van der Waals surface area (Å²) in [6.45, 7) is 2.53. The van der Waals surface area contributed by atoms with Crippen LogP contribution in [-0.4, -0.2) is 6.61 Å². The Morgan fingerprint density at radius 1 is 1.16 bits per heavy atom. The van der Waals surface area contributed by atoms with Gasteiger partial charge in [0, 0.05) is 8.95 Å². The molecule has 0 heterocycles. The van der Waals surface area contributed by atoms with Gasteiger partial charge < -0.3 is 15.8 Å². The molecule has 0 radical (unpaired) electrons. The zero-order valence-electron chi connectivity index (χ0n) is 10.4. The summed E-state index contributed by atoms with van der Waals surface area (Å²) in [5.74, 6) is 0.693. The van der Waals surface area contributed by atoms with Crippen LogP contribution in [0.3, 0.4) is 0 Å². The van der Waals surface area contributed by atoms with Crippen LogP contribution in [0.15, 0.2) is 45.3 Å². The molecule has 2 rings (SSSR count). The second-order valence-electron chi connectivity index (χ2n) is 3.90. The lowest BCUT2D eigenvalue weighted by atomic mass is 10.2. The predicted molar refractivity (Wildman–Crippen MR) is 87.1 cm³/mol. The van der Waals surface area contributed by atoms with Crippen molar-refractivity contribution >= 4 is 48.9 Å². The van der Waals surface area contributed by atoms with Crippen LogP contribution in [-0.2, 0) is 0 Å². The van der Waals surface area contributed by atoms with Crippen molar-refractivity contribution in [3.05, 3.63) is 45.3 Å². The number of rotatable bonds is 4. The summed E-state index contributed by atoms with van der Waals surface area (Å²) in [5.41, 5.74) is 8.46. The van der Waals surface area contributed by atoms with E-state index >= 15 is 0 Å². The molecule has 0 amide bonds. The zero-order chi connectivity index (χ0) is 13.8. The quantitative estimate of drug-likeness (QED) is 0.733. The number of nitrogen functional groups attached to an aromatic ring is 1. The summed E-state index contributed by atoms with van der Waals surface area (Å²) in [7, 11) is 0. The van der Waals surface area contributed by atoms with Gasteiger partial charge >= 0.3 is 0 Å². The Bertz CT molecular complexity index is 588. The van der Waals surface area contributed by atoms with Crippen molar-refractivity contribution in [2.75, 3.05) is 17.7 Å². The van der Waals surface area contributed by atoms with E-state index in [-0.39, 0.29) is 0 Å². The summed E-state index contributed by atoms with van der Waals surface area (Å²) >= 11 is 6.96. The van der Waals surface area contributed by atoms with Crippen LogP contribution in [0.4, 0.5) is 17.1 Å². The summed E-state index contributed by atoms with van der Waals surface area (Å²) in [6.07, 6.45) is 0. The van der Waals surface area contributed by atoms with Crippen molar-refractivity contribution in [3.8, 4) is 5.75 Å². The predicted octanol–water partition coefficient (Wildman–Crippen LogP) is 4.94. The number of benzene rings is 2. The second-order valence-corrected chi connectivity index (χ2v) is 5.67. The van der Waals surface area contributed by atoms with Crippen LogP contribution in [0, 0.1) is 0 Å². The lowest BCUT2D eigenvalue weighted by Gasteiger charge is -2.14. The van der Waals surface area contributed by atoms with Crippen molar-refractivity contribution in [2.45, 2.75) is 6.92 Å². The Balaban J connectivity index is 2.33. The summed E-state index contributed by atoms with van der Waals surface area (Å²) in [5, 5.41) is 3.30. The number of hydrogen-bond donors (Lipinski definition) is 2. The standard InChI is InChI=1S/C14H14Br2N2O/c1-2-19-13-5-3-4-11(14(13)17)18-12-8-9(15)6-7-10(12)16/h3-8,18H,2,17H2,1H3. The Morgan fingerprint density at radius 3 is 2.68 bits per heavy atom. The molecule has 2 aromatic carbocycles. The average Bonchev–Trinajstić information content (AvgIpc) is 2.39. The molecule has 2 aromatic rings. The minimum Gasteiger partial charge on any atom is -0.492 e. The first kappa shape index (κ1) is 14.2. The smallest absolute Gasteiger partial charge is 0.144 e. The Hall–Kier alpha value is -1.20. The third-order valence-electron chi connectivity index (χ3n) is 2.56. The van der Waals surface area contributed by atoms with E-state index in [2.05, 4.69) is 37.2 Å². The van der Waals surface area contributed by atoms with Crippen LogP contribution in [0.5, 0.6) is 5.75 Å². The molecule has 0 spiro atoms. The number of anilines is 3. The van der Waals surface area contributed by atoms with E-state index in [1.165, 1.54) is 0 Å². The van der Waals surface area contributed by atoms with Crippen LogP contribution in [0.2, 0.25) is 0 Å². The summed E-state index contributed by atoms with van der Waals surface area (Å²) in [4.78, 5) is 0. The van der Waals surface area contributed by atoms with Gasteiger partial charge in [-0.15, -0.1) is 0 Å². The molecule has 0 aromatic heterocycles. The highest BCUT2D eigenvalue weighted by Crippen LogP contribution is 2.34. The molecule has 0 aliphatic heterocycles. The van der Waals surface area contributed by atoms with Gasteiger partial charge in [0.05, 0.1) is 23.7 Å². The minimum absolute atomic E-state index is 0.592. The fourth-order valence-corrected chi connectivity index (χ4v) is 2.38. The molecule has 19 heavy (non-hydrogen) atoms. The number of para-hydroxylation sites is 1. The van der Waals surface area contributed by atoms with Crippen molar-refractivity contribution in [1.29, 1.82) is 0 Å². The molecule has 0 atom stereocenters. The van der Waals surface area contributed by atoms with E-state index in [1.807, 2.05) is 43.3 Å². The maximum absolute atomic E-state index is 6.09. The fraction of sp³-hybridized carbons (Fsp3) is 0.143. The third-order valence-corrected chi connectivity index (χ3v) is 3.75.